The van der Waals surface area contributed by atoms with E-state index in [2.05, 4.69) is 10.6 Å². The summed E-state index contributed by atoms with van der Waals surface area (Å²) in [5.74, 6) is 0.0693. The van der Waals surface area contributed by atoms with Gasteiger partial charge in [-0.05, 0) is 48.5 Å². The van der Waals surface area contributed by atoms with E-state index in [1.54, 1.807) is 36.4 Å². The molecule has 0 saturated carbocycles. The van der Waals surface area contributed by atoms with E-state index >= 15 is 0 Å². The third-order valence-corrected chi connectivity index (χ3v) is 4.08. The first kappa shape index (κ1) is 17.7. The summed E-state index contributed by atoms with van der Waals surface area (Å²) in [4.78, 5) is 35.1. The van der Waals surface area contributed by atoms with Crippen molar-refractivity contribution in [1.29, 1.82) is 0 Å². The van der Waals surface area contributed by atoms with Crippen molar-refractivity contribution < 1.29 is 14.4 Å². The molecule has 0 radical (unpaired) electrons. The number of ketones is 1. The number of amides is 2. The van der Waals surface area contributed by atoms with Crippen LogP contribution in [0.5, 0.6) is 0 Å². The predicted octanol–water partition coefficient (Wildman–Crippen LogP) is 3.58. The molecule has 0 spiro atoms. The summed E-state index contributed by atoms with van der Waals surface area (Å²) in [6.07, 6.45) is 0. The lowest BCUT2D eigenvalue weighted by Crippen LogP contribution is -2.07. The molecular formula is C18H18N2O3S. The number of hydrogen-bond donors (Lipinski definition) is 2. The Bertz CT molecular complexity index is 740. The van der Waals surface area contributed by atoms with Crippen molar-refractivity contribution in [1.82, 2.24) is 0 Å². The number of carbonyl (C=O) groups excluding carboxylic acids is 3. The number of thioether (sulfide) groups is 1. The van der Waals surface area contributed by atoms with Gasteiger partial charge in [0.1, 0.15) is 0 Å². The van der Waals surface area contributed by atoms with E-state index in [4.69, 9.17) is 0 Å². The Kier molecular flexibility index (Phi) is 6.14. The molecule has 0 heterocycles. The van der Waals surface area contributed by atoms with Gasteiger partial charge in [0.2, 0.25) is 11.8 Å². The molecule has 0 aliphatic carbocycles. The zero-order valence-electron chi connectivity index (χ0n) is 13.5. The van der Waals surface area contributed by atoms with Gasteiger partial charge in [-0.15, -0.1) is 11.8 Å². The van der Waals surface area contributed by atoms with E-state index in [1.807, 2.05) is 12.1 Å². The molecule has 0 unspecified atom stereocenters. The minimum Gasteiger partial charge on any atom is -0.326 e. The molecule has 2 aromatic rings. The highest BCUT2D eigenvalue weighted by Gasteiger charge is 2.07. The summed E-state index contributed by atoms with van der Waals surface area (Å²) in [6.45, 7) is 2.89. The third kappa shape index (κ3) is 5.55. The molecule has 0 aliphatic heterocycles. The third-order valence-electron chi connectivity index (χ3n) is 3.07. The molecule has 6 heteroatoms. The maximum atomic E-state index is 12.2. The number of rotatable bonds is 6. The van der Waals surface area contributed by atoms with Gasteiger partial charge in [-0.3, -0.25) is 14.4 Å². The lowest BCUT2D eigenvalue weighted by Gasteiger charge is -2.06. The molecule has 2 amide bonds. The summed E-state index contributed by atoms with van der Waals surface area (Å²) >= 11 is 1.43. The first-order chi connectivity index (χ1) is 11.4. The van der Waals surface area contributed by atoms with Gasteiger partial charge < -0.3 is 10.6 Å². The van der Waals surface area contributed by atoms with Crippen LogP contribution in [-0.4, -0.2) is 23.4 Å². The van der Waals surface area contributed by atoms with Gasteiger partial charge in [-0.25, -0.2) is 0 Å². The van der Waals surface area contributed by atoms with Crippen LogP contribution in [0.4, 0.5) is 11.4 Å². The number of hydrogen-bond acceptors (Lipinski definition) is 4. The smallest absolute Gasteiger partial charge is 0.221 e. The van der Waals surface area contributed by atoms with E-state index in [-0.39, 0.29) is 17.6 Å². The Morgan fingerprint density at radius 3 is 1.71 bits per heavy atom. The van der Waals surface area contributed by atoms with Gasteiger partial charge in [0.25, 0.3) is 0 Å². The van der Waals surface area contributed by atoms with Crippen LogP contribution >= 0.6 is 11.8 Å². The van der Waals surface area contributed by atoms with Crippen LogP contribution in [0.1, 0.15) is 24.2 Å². The monoisotopic (exact) mass is 342 g/mol. The van der Waals surface area contributed by atoms with E-state index in [1.165, 1.54) is 25.6 Å². The van der Waals surface area contributed by atoms with Gasteiger partial charge in [0.15, 0.2) is 5.78 Å². The van der Waals surface area contributed by atoms with Crippen molar-refractivity contribution in [2.75, 3.05) is 16.4 Å². The molecule has 0 atom stereocenters. The predicted molar refractivity (Wildman–Crippen MR) is 96.5 cm³/mol. The quantitative estimate of drug-likeness (QED) is 0.621. The highest BCUT2D eigenvalue weighted by molar-refractivity contribution is 8.00. The molecule has 0 fully saturated rings. The van der Waals surface area contributed by atoms with Crippen molar-refractivity contribution in [3.05, 3.63) is 54.1 Å². The van der Waals surface area contributed by atoms with Crippen LogP contribution in [0.3, 0.4) is 0 Å². The van der Waals surface area contributed by atoms with Gasteiger partial charge in [-0.2, -0.15) is 0 Å². The van der Waals surface area contributed by atoms with E-state index < -0.39 is 0 Å². The molecule has 0 saturated heterocycles. The second kappa shape index (κ2) is 8.31. The second-order valence-electron chi connectivity index (χ2n) is 5.18. The standard InChI is InChI=1S/C18H18N2O3S/c1-12(21)19-15-5-3-14(4-6-15)18(23)11-24-17-9-7-16(8-10-17)20-13(2)22/h3-10H,11H2,1-2H3,(H,19,21)(H,20,22). The number of carbonyl (C=O) groups is 3. The van der Waals surface area contributed by atoms with Crippen LogP contribution in [0.2, 0.25) is 0 Å². The topological polar surface area (TPSA) is 75.3 Å². The fourth-order valence-corrected chi connectivity index (χ4v) is 2.81. The molecule has 0 aromatic heterocycles. The molecule has 24 heavy (non-hydrogen) atoms. The molecule has 2 aromatic carbocycles. The Morgan fingerprint density at radius 1 is 0.792 bits per heavy atom. The highest BCUT2D eigenvalue weighted by atomic mass is 32.2. The fourth-order valence-electron chi connectivity index (χ4n) is 2.01. The van der Waals surface area contributed by atoms with Gasteiger partial charge in [0, 0.05) is 35.7 Å². The van der Waals surface area contributed by atoms with Crippen LogP contribution in [0.15, 0.2) is 53.4 Å². The molecular weight excluding hydrogens is 324 g/mol. The van der Waals surface area contributed by atoms with Crippen molar-refractivity contribution in [3.8, 4) is 0 Å². The van der Waals surface area contributed by atoms with Crippen molar-refractivity contribution in [2.45, 2.75) is 18.7 Å². The fraction of sp³-hybridized carbons (Fsp3) is 0.167. The van der Waals surface area contributed by atoms with Crippen LogP contribution in [0, 0.1) is 0 Å². The minimum atomic E-state index is -0.146. The second-order valence-corrected chi connectivity index (χ2v) is 6.22. The number of anilines is 2. The summed E-state index contributed by atoms with van der Waals surface area (Å²) in [5, 5.41) is 5.36. The molecule has 0 aliphatic rings. The molecule has 2 rings (SSSR count). The Labute approximate surface area is 144 Å². The molecule has 124 valence electrons. The first-order valence-corrected chi connectivity index (χ1v) is 8.34. The summed E-state index contributed by atoms with van der Waals surface area (Å²) in [7, 11) is 0. The zero-order valence-corrected chi connectivity index (χ0v) is 14.3. The van der Waals surface area contributed by atoms with Crippen LogP contribution in [0.25, 0.3) is 0 Å². The maximum Gasteiger partial charge on any atom is 0.221 e. The van der Waals surface area contributed by atoms with Gasteiger partial charge in [0.05, 0.1) is 5.75 Å². The SMILES string of the molecule is CC(=O)Nc1ccc(SCC(=O)c2ccc(NC(C)=O)cc2)cc1. The average molecular weight is 342 g/mol. The first-order valence-electron chi connectivity index (χ1n) is 7.35. The Hall–Kier alpha value is -2.60. The summed E-state index contributed by atoms with van der Waals surface area (Å²) < 4.78 is 0. The number of benzene rings is 2. The lowest BCUT2D eigenvalue weighted by molar-refractivity contribution is -0.115. The van der Waals surface area contributed by atoms with Gasteiger partial charge >= 0.3 is 0 Å². The van der Waals surface area contributed by atoms with Crippen molar-refractivity contribution in [2.24, 2.45) is 0 Å². The molecule has 0 bridgehead atoms. The van der Waals surface area contributed by atoms with Crippen molar-refractivity contribution >= 4 is 40.7 Å². The number of nitrogens with one attached hydrogen (secondary N) is 2. The maximum absolute atomic E-state index is 12.2. The normalized spacial score (nSPS) is 10.1. The van der Waals surface area contributed by atoms with E-state index in [9.17, 15) is 14.4 Å². The van der Waals surface area contributed by atoms with E-state index in [0.717, 1.165) is 10.6 Å². The van der Waals surface area contributed by atoms with Crippen molar-refractivity contribution in [3.63, 3.8) is 0 Å². The summed E-state index contributed by atoms with van der Waals surface area (Å²) in [5.41, 5.74) is 2.00. The minimum absolute atomic E-state index is 0.0142. The van der Waals surface area contributed by atoms with Crippen LogP contribution < -0.4 is 10.6 Å². The lowest BCUT2D eigenvalue weighted by atomic mass is 10.1. The Balaban J connectivity index is 1.90. The summed E-state index contributed by atoms with van der Waals surface area (Å²) in [6, 6.07) is 14.2. The average Bonchev–Trinajstić information content (AvgIpc) is 2.53. The molecule has 2 N–H and O–H groups in total. The van der Waals surface area contributed by atoms with Gasteiger partial charge in [-0.1, -0.05) is 0 Å². The molecule has 5 nitrogen and oxygen atoms in total. The largest absolute Gasteiger partial charge is 0.326 e. The zero-order chi connectivity index (χ0) is 17.5. The van der Waals surface area contributed by atoms with E-state index in [0.29, 0.717) is 17.0 Å². The highest BCUT2D eigenvalue weighted by Crippen LogP contribution is 2.22. The number of Topliss-reactive ketones (excluding diaryl/α,β-unsaturated/α-hetero) is 1. The Morgan fingerprint density at radius 2 is 1.25 bits per heavy atom. The van der Waals surface area contributed by atoms with Crippen LogP contribution in [-0.2, 0) is 9.59 Å².